The summed E-state index contributed by atoms with van der Waals surface area (Å²) in [5, 5.41) is 0. The Balaban J connectivity index is 2.23. The Kier molecular flexibility index (Phi) is 5.44. The monoisotopic (exact) mass is 420 g/mol. The van der Waals surface area contributed by atoms with E-state index in [0.717, 1.165) is 0 Å². The van der Waals surface area contributed by atoms with Gasteiger partial charge in [0, 0.05) is 3.57 Å². The first-order chi connectivity index (χ1) is 10.4. The molecule has 1 atom stereocenters. The highest BCUT2D eigenvalue weighted by Crippen LogP contribution is 2.33. The van der Waals surface area contributed by atoms with Gasteiger partial charge >= 0.3 is 12.1 Å². The topological polar surface area (TPSA) is 26.3 Å². The molecule has 2 rings (SSSR count). The second-order valence-corrected chi connectivity index (χ2v) is 5.77. The van der Waals surface area contributed by atoms with Gasteiger partial charge in [0.1, 0.15) is 6.10 Å². The minimum atomic E-state index is -4.43. The summed E-state index contributed by atoms with van der Waals surface area (Å²) in [6, 6.07) is 14.5. The van der Waals surface area contributed by atoms with Crippen LogP contribution in [0.1, 0.15) is 28.4 Å². The quantitative estimate of drug-likeness (QED) is 0.506. The molecule has 0 fully saturated rings. The Bertz CT molecular complexity index is 641. The fourth-order valence-electron chi connectivity index (χ4n) is 1.92. The van der Waals surface area contributed by atoms with E-state index in [0.29, 0.717) is 9.13 Å². The first-order valence-corrected chi connectivity index (χ1v) is 7.52. The number of carbonyl (C=O) groups excluding carboxylic acids is 1. The van der Waals surface area contributed by atoms with Crippen molar-refractivity contribution in [2.24, 2.45) is 0 Å². The zero-order valence-corrected chi connectivity index (χ0v) is 13.5. The molecule has 0 radical (unpaired) electrons. The summed E-state index contributed by atoms with van der Waals surface area (Å²) >= 11 is 1.94. The lowest BCUT2D eigenvalue weighted by Gasteiger charge is -2.20. The van der Waals surface area contributed by atoms with E-state index in [1.165, 1.54) is 18.2 Å². The number of benzene rings is 2. The highest BCUT2D eigenvalue weighted by Gasteiger charge is 2.35. The molecular formula is C16H12F3IO2. The first kappa shape index (κ1) is 16.8. The average Bonchev–Trinajstić information content (AvgIpc) is 2.46. The molecule has 0 bridgehead atoms. The molecule has 22 heavy (non-hydrogen) atoms. The average molecular weight is 420 g/mol. The van der Waals surface area contributed by atoms with Crippen LogP contribution in [-0.2, 0) is 4.74 Å². The van der Waals surface area contributed by atoms with Crippen LogP contribution in [0.4, 0.5) is 13.2 Å². The summed E-state index contributed by atoms with van der Waals surface area (Å²) < 4.78 is 43.9. The van der Waals surface area contributed by atoms with Crippen molar-refractivity contribution >= 4 is 28.6 Å². The molecule has 0 aliphatic carbocycles. The molecule has 2 aromatic carbocycles. The van der Waals surface area contributed by atoms with Gasteiger partial charge in [-0.05, 0) is 40.3 Å². The Morgan fingerprint density at radius 1 is 1.05 bits per heavy atom. The van der Waals surface area contributed by atoms with Gasteiger partial charge in [-0.25, -0.2) is 4.79 Å². The Labute approximate surface area is 139 Å². The second kappa shape index (κ2) is 7.13. The van der Waals surface area contributed by atoms with Crippen LogP contribution in [-0.4, -0.2) is 12.1 Å². The maximum absolute atomic E-state index is 12.7. The standard InChI is InChI=1S/C16H12F3IO2/c17-16(18,19)10-14(11-6-2-1-3-7-11)22-15(21)12-8-4-5-9-13(12)20/h1-9,14H,10H2. The lowest BCUT2D eigenvalue weighted by molar-refractivity contribution is -0.155. The molecule has 0 amide bonds. The van der Waals surface area contributed by atoms with Gasteiger partial charge in [0.2, 0.25) is 0 Å². The van der Waals surface area contributed by atoms with Crippen LogP contribution in [0, 0.1) is 3.57 Å². The number of hydrogen-bond donors (Lipinski definition) is 0. The largest absolute Gasteiger partial charge is 0.454 e. The molecule has 0 aliphatic rings. The third-order valence-electron chi connectivity index (χ3n) is 2.93. The van der Waals surface area contributed by atoms with Crippen LogP contribution in [0.2, 0.25) is 0 Å². The van der Waals surface area contributed by atoms with Crippen LogP contribution >= 0.6 is 22.6 Å². The lowest BCUT2D eigenvalue weighted by atomic mass is 10.1. The van der Waals surface area contributed by atoms with E-state index < -0.39 is 24.7 Å². The van der Waals surface area contributed by atoms with Crippen molar-refractivity contribution in [1.82, 2.24) is 0 Å². The van der Waals surface area contributed by atoms with Crippen LogP contribution < -0.4 is 0 Å². The maximum Gasteiger partial charge on any atom is 0.392 e. The molecule has 1 unspecified atom stereocenters. The fourth-order valence-corrected chi connectivity index (χ4v) is 2.53. The van der Waals surface area contributed by atoms with E-state index in [-0.39, 0.29) is 5.56 Å². The molecule has 2 nitrogen and oxygen atoms in total. The first-order valence-electron chi connectivity index (χ1n) is 6.44. The van der Waals surface area contributed by atoms with E-state index in [4.69, 9.17) is 4.74 Å². The Morgan fingerprint density at radius 3 is 2.23 bits per heavy atom. The van der Waals surface area contributed by atoms with Crippen molar-refractivity contribution in [3.63, 3.8) is 0 Å². The van der Waals surface area contributed by atoms with Crippen molar-refractivity contribution in [1.29, 1.82) is 0 Å². The molecule has 0 aromatic heterocycles. The van der Waals surface area contributed by atoms with Crippen molar-refractivity contribution < 1.29 is 22.7 Å². The minimum Gasteiger partial charge on any atom is -0.454 e. The molecule has 0 N–H and O–H groups in total. The van der Waals surface area contributed by atoms with E-state index in [9.17, 15) is 18.0 Å². The maximum atomic E-state index is 12.7. The second-order valence-electron chi connectivity index (χ2n) is 4.60. The highest BCUT2D eigenvalue weighted by atomic mass is 127. The molecular weight excluding hydrogens is 408 g/mol. The van der Waals surface area contributed by atoms with Crippen molar-refractivity contribution in [2.45, 2.75) is 18.7 Å². The molecule has 0 saturated heterocycles. The Hall–Kier alpha value is -1.57. The summed E-state index contributed by atoms with van der Waals surface area (Å²) in [6.07, 6.45) is -7.00. The SMILES string of the molecule is O=C(OC(CC(F)(F)F)c1ccccc1)c1ccccc1I. The van der Waals surface area contributed by atoms with E-state index >= 15 is 0 Å². The zero-order chi connectivity index (χ0) is 16.2. The normalized spacial score (nSPS) is 12.7. The lowest BCUT2D eigenvalue weighted by Crippen LogP contribution is -2.19. The summed E-state index contributed by atoms with van der Waals surface area (Å²) in [7, 11) is 0. The molecule has 0 saturated carbocycles. The third-order valence-corrected chi connectivity index (χ3v) is 3.87. The Morgan fingerprint density at radius 2 is 1.64 bits per heavy atom. The molecule has 0 heterocycles. The number of hydrogen-bond acceptors (Lipinski definition) is 2. The number of carbonyl (C=O) groups is 1. The predicted molar refractivity (Wildman–Crippen MR) is 84.4 cm³/mol. The fraction of sp³-hybridized carbons (Fsp3) is 0.188. The predicted octanol–water partition coefficient (Wildman–Crippen LogP) is 5.14. The van der Waals surface area contributed by atoms with Gasteiger partial charge in [-0.2, -0.15) is 13.2 Å². The van der Waals surface area contributed by atoms with Gasteiger partial charge < -0.3 is 4.74 Å². The van der Waals surface area contributed by atoms with Gasteiger partial charge in [0.25, 0.3) is 0 Å². The summed E-state index contributed by atoms with van der Waals surface area (Å²) in [5.74, 6) is -0.761. The van der Waals surface area contributed by atoms with E-state index in [2.05, 4.69) is 0 Å². The zero-order valence-electron chi connectivity index (χ0n) is 11.3. The van der Waals surface area contributed by atoms with Gasteiger partial charge in [0.15, 0.2) is 0 Å². The van der Waals surface area contributed by atoms with E-state index in [1.807, 2.05) is 22.6 Å². The van der Waals surface area contributed by atoms with E-state index in [1.54, 1.807) is 36.4 Å². The molecule has 0 spiro atoms. The van der Waals surface area contributed by atoms with Crippen LogP contribution in [0.5, 0.6) is 0 Å². The number of rotatable bonds is 4. The number of ether oxygens (including phenoxy) is 1. The van der Waals surface area contributed by atoms with Gasteiger partial charge in [-0.3, -0.25) is 0 Å². The molecule has 116 valence electrons. The summed E-state index contributed by atoms with van der Waals surface area (Å²) in [4.78, 5) is 12.1. The van der Waals surface area contributed by atoms with Crippen LogP contribution in [0.25, 0.3) is 0 Å². The molecule has 0 aliphatic heterocycles. The van der Waals surface area contributed by atoms with Crippen molar-refractivity contribution in [2.75, 3.05) is 0 Å². The molecule has 2 aromatic rings. The van der Waals surface area contributed by atoms with Crippen molar-refractivity contribution in [3.8, 4) is 0 Å². The minimum absolute atomic E-state index is 0.256. The van der Waals surface area contributed by atoms with Crippen LogP contribution in [0.15, 0.2) is 54.6 Å². The van der Waals surface area contributed by atoms with Gasteiger partial charge in [-0.1, -0.05) is 42.5 Å². The number of esters is 1. The smallest absolute Gasteiger partial charge is 0.392 e. The number of halogens is 4. The third kappa shape index (κ3) is 4.72. The summed E-state index contributed by atoms with van der Waals surface area (Å²) in [5.41, 5.74) is 0.574. The van der Waals surface area contributed by atoms with Crippen LogP contribution in [0.3, 0.4) is 0 Å². The van der Waals surface area contributed by atoms with Gasteiger partial charge in [0.05, 0.1) is 12.0 Å². The van der Waals surface area contributed by atoms with Gasteiger partial charge in [-0.15, -0.1) is 0 Å². The van der Waals surface area contributed by atoms with Crippen molar-refractivity contribution in [3.05, 3.63) is 69.3 Å². The molecule has 6 heteroatoms. The number of alkyl halides is 3. The summed E-state index contributed by atoms with van der Waals surface area (Å²) in [6.45, 7) is 0. The highest BCUT2D eigenvalue weighted by molar-refractivity contribution is 14.1.